The van der Waals surface area contributed by atoms with Gasteiger partial charge >= 0.3 is 0 Å². The summed E-state index contributed by atoms with van der Waals surface area (Å²) in [5.41, 5.74) is 15.4. The van der Waals surface area contributed by atoms with Crippen LogP contribution in [0.5, 0.6) is 5.75 Å². The molecular formula is C24H36N6O2. The largest absolute Gasteiger partial charge is 0.496 e. The van der Waals surface area contributed by atoms with Crippen LogP contribution in [-0.2, 0) is 17.9 Å². The normalized spacial score (nSPS) is 11.2. The molecule has 8 nitrogen and oxygen atoms in total. The van der Waals surface area contributed by atoms with Crippen molar-refractivity contribution in [1.82, 2.24) is 14.5 Å². The van der Waals surface area contributed by atoms with Crippen LogP contribution in [0.4, 0.5) is 11.8 Å². The van der Waals surface area contributed by atoms with Crippen LogP contribution in [0.15, 0.2) is 30.5 Å². The second-order valence-corrected chi connectivity index (χ2v) is 7.94. The van der Waals surface area contributed by atoms with Crippen molar-refractivity contribution < 1.29 is 9.47 Å². The molecule has 0 amide bonds. The van der Waals surface area contributed by atoms with Gasteiger partial charge in [0.15, 0.2) is 5.82 Å². The van der Waals surface area contributed by atoms with Crippen molar-refractivity contribution in [2.24, 2.45) is 5.73 Å². The Bertz CT molecular complexity index is 988. The van der Waals surface area contributed by atoms with Gasteiger partial charge in [-0.2, -0.15) is 4.98 Å². The van der Waals surface area contributed by atoms with Gasteiger partial charge in [-0.05, 0) is 43.5 Å². The number of anilines is 2. The molecule has 0 saturated heterocycles. The van der Waals surface area contributed by atoms with E-state index < -0.39 is 0 Å². The van der Waals surface area contributed by atoms with E-state index in [0.29, 0.717) is 26.3 Å². The Morgan fingerprint density at radius 2 is 1.97 bits per heavy atom. The number of nitrogen functional groups attached to an aromatic ring is 1. The predicted molar refractivity (Wildman–Crippen MR) is 130 cm³/mol. The van der Waals surface area contributed by atoms with Crippen molar-refractivity contribution >= 4 is 22.8 Å². The maximum Gasteiger partial charge on any atom is 0.222 e. The van der Waals surface area contributed by atoms with Crippen LogP contribution < -0.4 is 21.5 Å². The van der Waals surface area contributed by atoms with Crippen LogP contribution in [0.2, 0.25) is 0 Å². The van der Waals surface area contributed by atoms with E-state index in [1.165, 1.54) is 12.8 Å². The fourth-order valence-corrected chi connectivity index (χ4v) is 3.69. The number of aromatic nitrogens is 3. The molecule has 2 heterocycles. The summed E-state index contributed by atoms with van der Waals surface area (Å²) in [5.74, 6) is 1.89. The van der Waals surface area contributed by atoms with Gasteiger partial charge in [0.2, 0.25) is 5.95 Å². The van der Waals surface area contributed by atoms with Crippen molar-refractivity contribution in [1.29, 1.82) is 0 Å². The maximum absolute atomic E-state index is 5.94. The lowest BCUT2D eigenvalue weighted by Crippen LogP contribution is -2.09. The van der Waals surface area contributed by atoms with Gasteiger partial charge in [0.25, 0.3) is 0 Å². The summed E-state index contributed by atoms with van der Waals surface area (Å²) in [6.45, 7) is 5.67. The minimum absolute atomic E-state index is 0.279. The summed E-state index contributed by atoms with van der Waals surface area (Å²) in [6, 6.07) is 8.20. The number of unbranched alkanes of at least 4 members (excludes halogenated alkanes) is 3. The Balaban J connectivity index is 1.76. The van der Waals surface area contributed by atoms with Gasteiger partial charge in [-0.1, -0.05) is 31.9 Å². The van der Waals surface area contributed by atoms with Crippen molar-refractivity contribution in [2.45, 2.75) is 52.2 Å². The molecule has 0 unspecified atom stereocenters. The van der Waals surface area contributed by atoms with Gasteiger partial charge in [0.05, 0.1) is 25.8 Å². The van der Waals surface area contributed by atoms with Crippen LogP contribution in [-0.4, -0.2) is 41.3 Å². The van der Waals surface area contributed by atoms with E-state index in [9.17, 15) is 0 Å². The Morgan fingerprint density at radius 3 is 2.75 bits per heavy atom. The average molecular weight is 441 g/mol. The molecule has 0 saturated carbocycles. The van der Waals surface area contributed by atoms with E-state index >= 15 is 0 Å². The zero-order valence-electron chi connectivity index (χ0n) is 19.3. The summed E-state index contributed by atoms with van der Waals surface area (Å²) in [6.07, 6.45) is 7.42. The van der Waals surface area contributed by atoms with Crippen LogP contribution in [0.3, 0.4) is 0 Å². The number of ether oxygens (including phenoxy) is 2. The highest BCUT2D eigenvalue weighted by Crippen LogP contribution is 2.27. The number of nitrogens with zero attached hydrogens (tertiary/aromatic N) is 3. The molecule has 0 atom stereocenters. The Kier molecular flexibility index (Phi) is 9.13. The first kappa shape index (κ1) is 23.8. The summed E-state index contributed by atoms with van der Waals surface area (Å²) < 4.78 is 13.6. The molecule has 174 valence electrons. The number of methoxy groups -OCH3 is 1. The molecule has 0 bridgehead atoms. The third kappa shape index (κ3) is 6.34. The molecule has 3 rings (SSSR count). The zero-order valence-corrected chi connectivity index (χ0v) is 19.3. The van der Waals surface area contributed by atoms with Gasteiger partial charge < -0.3 is 30.8 Å². The van der Waals surface area contributed by atoms with Gasteiger partial charge in [-0.3, -0.25) is 0 Å². The number of nitrogens with two attached hydrogens (primary N) is 2. The van der Waals surface area contributed by atoms with E-state index in [1.807, 2.05) is 18.3 Å². The quantitative estimate of drug-likeness (QED) is 0.326. The number of hydrogen-bond acceptors (Lipinski definition) is 7. The van der Waals surface area contributed by atoms with Crippen molar-refractivity contribution in [3.63, 3.8) is 0 Å². The zero-order chi connectivity index (χ0) is 22.8. The van der Waals surface area contributed by atoms with E-state index in [1.54, 1.807) is 7.11 Å². The first-order chi connectivity index (χ1) is 15.7. The fourth-order valence-electron chi connectivity index (χ4n) is 3.69. The molecule has 1 aromatic carbocycles. The van der Waals surface area contributed by atoms with Gasteiger partial charge in [-0.25, -0.2) is 4.98 Å². The van der Waals surface area contributed by atoms with Crippen LogP contribution in [0, 0.1) is 0 Å². The molecule has 0 fully saturated rings. The monoisotopic (exact) mass is 440 g/mol. The van der Waals surface area contributed by atoms with E-state index in [0.717, 1.165) is 59.5 Å². The fraction of sp³-hybridized carbons (Fsp3) is 0.500. The van der Waals surface area contributed by atoms with Crippen LogP contribution >= 0.6 is 0 Å². The minimum Gasteiger partial charge on any atom is -0.496 e. The molecule has 5 N–H and O–H groups in total. The second kappa shape index (κ2) is 12.3. The average Bonchev–Trinajstić information content (AvgIpc) is 3.19. The Labute approximate surface area is 190 Å². The Hall–Kier alpha value is -2.84. The summed E-state index contributed by atoms with van der Waals surface area (Å²) in [5, 5.41) is 3.44. The number of rotatable bonds is 14. The molecule has 0 aliphatic heterocycles. The lowest BCUT2D eigenvalue weighted by Gasteiger charge is -2.14. The third-order valence-corrected chi connectivity index (χ3v) is 5.40. The van der Waals surface area contributed by atoms with Gasteiger partial charge in [-0.15, -0.1) is 0 Å². The third-order valence-electron chi connectivity index (χ3n) is 5.40. The van der Waals surface area contributed by atoms with Crippen LogP contribution in [0.1, 0.15) is 50.2 Å². The summed E-state index contributed by atoms with van der Waals surface area (Å²) in [7, 11) is 1.70. The van der Waals surface area contributed by atoms with E-state index in [2.05, 4.69) is 38.9 Å². The highest BCUT2D eigenvalue weighted by Gasteiger charge is 2.13. The number of benzene rings is 1. The number of fused-ring (bicyclic) bond motifs is 1. The maximum atomic E-state index is 5.94. The van der Waals surface area contributed by atoms with Crippen molar-refractivity contribution in [3.05, 3.63) is 41.6 Å². The molecule has 32 heavy (non-hydrogen) atoms. The van der Waals surface area contributed by atoms with Crippen molar-refractivity contribution in [3.8, 4) is 5.75 Å². The first-order valence-electron chi connectivity index (χ1n) is 11.5. The first-order valence-corrected chi connectivity index (χ1v) is 11.5. The molecule has 2 aromatic heterocycles. The lowest BCUT2D eigenvalue weighted by atomic mass is 10.1. The predicted octanol–water partition coefficient (Wildman–Crippen LogP) is 3.93. The standard InChI is InChI=1S/C24H36N6O2/c1-3-4-6-12-27-23-22-20(28-24(26)29-23)10-13-30(22)16-19-9-8-18(15-21(19)31-2)17-32-14-7-5-11-25/h8-10,13,15H,3-7,11-12,14,16-17,25H2,1-2H3,(H3,26,27,28,29). The highest BCUT2D eigenvalue weighted by molar-refractivity contribution is 5.87. The van der Waals surface area contributed by atoms with E-state index in [4.69, 9.17) is 20.9 Å². The minimum atomic E-state index is 0.279. The molecule has 0 spiro atoms. The van der Waals surface area contributed by atoms with Gasteiger partial charge in [0, 0.05) is 24.9 Å². The molecule has 3 aromatic rings. The molecule has 8 heteroatoms. The van der Waals surface area contributed by atoms with E-state index in [-0.39, 0.29) is 5.95 Å². The molecule has 0 aliphatic rings. The Morgan fingerprint density at radius 1 is 1.09 bits per heavy atom. The smallest absolute Gasteiger partial charge is 0.222 e. The molecule has 0 radical (unpaired) electrons. The second-order valence-electron chi connectivity index (χ2n) is 7.94. The lowest BCUT2D eigenvalue weighted by molar-refractivity contribution is 0.117. The molecule has 0 aliphatic carbocycles. The highest BCUT2D eigenvalue weighted by atomic mass is 16.5. The SMILES string of the molecule is CCCCCNc1nc(N)nc2ccn(Cc3ccc(COCCCCN)cc3OC)c12. The topological polar surface area (TPSA) is 113 Å². The van der Waals surface area contributed by atoms with Gasteiger partial charge in [0.1, 0.15) is 11.3 Å². The number of nitrogens with one attached hydrogen (secondary N) is 1. The molecular weight excluding hydrogens is 404 g/mol. The van der Waals surface area contributed by atoms with Crippen LogP contribution in [0.25, 0.3) is 11.0 Å². The summed E-state index contributed by atoms with van der Waals surface area (Å²) in [4.78, 5) is 8.87. The van der Waals surface area contributed by atoms with Crippen molar-refractivity contribution in [2.75, 3.05) is 37.9 Å². The summed E-state index contributed by atoms with van der Waals surface area (Å²) >= 11 is 0. The number of hydrogen-bond donors (Lipinski definition) is 3.